The normalized spacial score (nSPS) is 30.1. The number of aliphatic hydroxyl groups excluding tert-OH is 1. The third-order valence-corrected chi connectivity index (χ3v) is 7.07. The van der Waals surface area contributed by atoms with Gasteiger partial charge in [-0.05, 0) is 18.9 Å². The Kier molecular flexibility index (Phi) is 5.05. The van der Waals surface area contributed by atoms with Gasteiger partial charge in [0.2, 0.25) is 0 Å². The van der Waals surface area contributed by atoms with E-state index in [2.05, 4.69) is 45.0 Å². The molecule has 0 spiro atoms. The number of hydrogen-bond donors (Lipinski definition) is 1. The Morgan fingerprint density at radius 1 is 1.33 bits per heavy atom. The SMILES string of the molecule is Cc1cccc(CC(O)C2CSC(C)C(C)S2)c1. The van der Waals surface area contributed by atoms with Crippen molar-refractivity contribution in [1.82, 2.24) is 0 Å². The summed E-state index contributed by atoms with van der Waals surface area (Å²) < 4.78 is 0. The number of aryl methyl sites for hydroxylation is 1. The van der Waals surface area contributed by atoms with E-state index in [1.807, 2.05) is 23.5 Å². The van der Waals surface area contributed by atoms with Crippen LogP contribution >= 0.6 is 23.5 Å². The monoisotopic (exact) mass is 282 g/mol. The summed E-state index contributed by atoms with van der Waals surface area (Å²) in [5.41, 5.74) is 2.52. The van der Waals surface area contributed by atoms with Gasteiger partial charge in [0.25, 0.3) is 0 Å². The van der Waals surface area contributed by atoms with Crippen molar-refractivity contribution in [2.45, 2.75) is 49.0 Å². The Labute approximate surface area is 119 Å². The van der Waals surface area contributed by atoms with Crippen molar-refractivity contribution < 1.29 is 5.11 Å². The topological polar surface area (TPSA) is 20.2 Å². The molecule has 1 saturated heterocycles. The second-order valence-corrected chi connectivity index (χ2v) is 8.21. The van der Waals surface area contributed by atoms with Crippen LogP contribution in [0.5, 0.6) is 0 Å². The molecule has 0 bridgehead atoms. The molecule has 4 atom stereocenters. The van der Waals surface area contributed by atoms with Crippen LogP contribution < -0.4 is 0 Å². The Bertz CT molecular complexity index is 394. The first kappa shape index (κ1) is 14.3. The molecule has 4 unspecified atom stereocenters. The van der Waals surface area contributed by atoms with Crippen molar-refractivity contribution in [3.8, 4) is 0 Å². The second kappa shape index (κ2) is 6.36. The van der Waals surface area contributed by atoms with Crippen LogP contribution in [0.3, 0.4) is 0 Å². The van der Waals surface area contributed by atoms with Gasteiger partial charge in [0, 0.05) is 21.5 Å². The molecule has 18 heavy (non-hydrogen) atoms. The molecule has 0 aromatic heterocycles. The lowest BCUT2D eigenvalue weighted by Gasteiger charge is -2.33. The van der Waals surface area contributed by atoms with Crippen LogP contribution in [0, 0.1) is 6.92 Å². The summed E-state index contributed by atoms with van der Waals surface area (Å²) in [5.74, 6) is 1.07. The minimum absolute atomic E-state index is 0.223. The Morgan fingerprint density at radius 2 is 2.11 bits per heavy atom. The van der Waals surface area contributed by atoms with E-state index in [0.29, 0.717) is 15.7 Å². The Morgan fingerprint density at radius 3 is 2.78 bits per heavy atom. The first-order chi connectivity index (χ1) is 8.56. The lowest BCUT2D eigenvalue weighted by molar-refractivity contribution is 0.177. The molecule has 3 heteroatoms. The van der Waals surface area contributed by atoms with Gasteiger partial charge in [-0.25, -0.2) is 0 Å². The van der Waals surface area contributed by atoms with Crippen molar-refractivity contribution in [1.29, 1.82) is 0 Å². The predicted molar refractivity (Wildman–Crippen MR) is 83.7 cm³/mol. The van der Waals surface area contributed by atoms with E-state index in [9.17, 15) is 5.11 Å². The largest absolute Gasteiger partial charge is 0.392 e. The lowest BCUT2D eigenvalue weighted by Crippen LogP contribution is -2.35. The standard InChI is InChI=1S/C15H22OS2/c1-10-5-4-6-13(7-10)8-14(16)15-9-17-11(2)12(3)18-15/h4-7,11-12,14-16H,8-9H2,1-3H3. The van der Waals surface area contributed by atoms with Crippen molar-refractivity contribution in [2.75, 3.05) is 5.75 Å². The zero-order chi connectivity index (χ0) is 13.1. The molecule has 0 aliphatic carbocycles. The molecule has 0 saturated carbocycles. The number of rotatable bonds is 3. The average molecular weight is 282 g/mol. The molecule has 2 rings (SSSR count). The fourth-order valence-corrected chi connectivity index (χ4v) is 5.24. The molecule has 1 aromatic rings. The van der Waals surface area contributed by atoms with Crippen LogP contribution in [-0.2, 0) is 6.42 Å². The summed E-state index contributed by atoms with van der Waals surface area (Å²) in [7, 11) is 0. The molecular weight excluding hydrogens is 260 g/mol. The van der Waals surface area contributed by atoms with Crippen LogP contribution in [0.2, 0.25) is 0 Å². The lowest BCUT2D eigenvalue weighted by atomic mass is 10.0. The van der Waals surface area contributed by atoms with E-state index in [1.54, 1.807) is 0 Å². The van der Waals surface area contributed by atoms with Gasteiger partial charge in [-0.2, -0.15) is 23.5 Å². The van der Waals surface area contributed by atoms with Crippen molar-refractivity contribution in [3.05, 3.63) is 35.4 Å². The fraction of sp³-hybridized carbons (Fsp3) is 0.600. The van der Waals surface area contributed by atoms with Gasteiger partial charge in [0.1, 0.15) is 0 Å². The van der Waals surface area contributed by atoms with Gasteiger partial charge in [-0.15, -0.1) is 0 Å². The summed E-state index contributed by atoms with van der Waals surface area (Å²) in [6.07, 6.45) is 0.556. The van der Waals surface area contributed by atoms with Crippen LogP contribution in [0.1, 0.15) is 25.0 Å². The van der Waals surface area contributed by atoms with Gasteiger partial charge >= 0.3 is 0 Å². The Balaban J connectivity index is 1.94. The third kappa shape index (κ3) is 3.69. The number of hydrogen-bond acceptors (Lipinski definition) is 3. The van der Waals surface area contributed by atoms with Gasteiger partial charge in [0.15, 0.2) is 0 Å². The molecule has 1 fully saturated rings. The summed E-state index contributed by atoms with van der Waals surface area (Å²) >= 11 is 3.95. The maximum absolute atomic E-state index is 10.4. The first-order valence-corrected chi connectivity index (χ1v) is 8.56. The highest BCUT2D eigenvalue weighted by molar-refractivity contribution is 8.07. The van der Waals surface area contributed by atoms with Crippen LogP contribution in [-0.4, -0.2) is 32.7 Å². The van der Waals surface area contributed by atoms with Gasteiger partial charge < -0.3 is 5.11 Å². The molecule has 100 valence electrons. The zero-order valence-corrected chi connectivity index (χ0v) is 12.9. The molecule has 1 nitrogen and oxygen atoms in total. The van der Waals surface area contributed by atoms with Gasteiger partial charge in [-0.3, -0.25) is 0 Å². The minimum atomic E-state index is -0.223. The highest BCUT2D eigenvalue weighted by atomic mass is 32.2. The van der Waals surface area contributed by atoms with Gasteiger partial charge in [-0.1, -0.05) is 43.7 Å². The number of benzene rings is 1. The molecule has 0 radical (unpaired) electrons. The van der Waals surface area contributed by atoms with E-state index in [4.69, 9.17) is 0 Å². The molecule has 1 aliphatic rings. The summed E-state index contributed by atoms with van der Waals surface area (Å²) in [6, 6.07) is 8.47. The number of aliphatic hydroxyl groups is 1. The summed E-state index contributed by atoms with van der Waals surface area (Å²) in [6.45, 7) is 6.66. The zero-order valence-electron chi connectivity index (χ0n) is 11.3. The predicted octanol–water partition coefficient (Wildman–Crippen LogP) is 3.52. The van der Waals surface area contributed by atoms with E-state index in [1.165, 1.54) is 11.1 Å². The van der Waals surface area contributed by atoms with E-state index in [-0.39, 0.29) is 6.10 Å². The highest BCUT2D eigenvalue weighted by Gasteiger charge is 2.30. The fourth-order valence-electron chi connectivity index (χ4n) is 2.22. The molecular formula is C15H22OS2. The average Bonchev–Trinajstić information content (AvgIpc) is 2.32. The number of thioether (sulfide) groups is 2. The van der Waals surface area contributed by atoms with Crippen LogP contribution in [0.4, 0.5) is 0 Å². The molecule has 0 amide bonds. The van der Waals surface area contributed by atoms with Crippen LogP contribution in [0.25, 0.3) is 0 Å². The highest BCUT2D eigenvalue weighted by Crippen LogP contribution is 2.37. The maximum atomic E-state index is 10.4. The summed E-state index contributed by atoms with van der Waals surface area (Å²) in [4.78, 5) is 0. The van der Waals surface area contributed by atoms with Gasteiger partial charge in [0.05, 0.1) is 6.10 Å². The quantitative estimate of drug-likeness (QED) is 0.916. The third-order valence-electron chi connectivity index (χ3n) is 3.53. The molecule has 1 aliphatic heterocycles. The van der Waals surface area contributed by atoms with Crippen molar-refractivity contribution >= 4 is 23.5 Å². The smallest absolute Gasteiger partial charge is 0.0707 e. The van der Waals surface area contributed by atoms with Crippen molar-refractivity contribution in [2.24, 2.45) is 0 Å². The molecule has 1 aromatic carbocycles. The first-order valence-electron chi connectivity index (χ1n) is 6.57. The summed E-state index contributed by atoms with van der Waals surface area (Å²) in [5, 5.41) is 12.1. The van der Waals surface area contributed by atoms with Crippen molar-refractivity contribution in [3.63, 3.8) is 0 Å². The van der Waals surface area contributed by atoms with E-state index >= 15 is 0 Å². The minimum Gasteiger partial charge on any atom is -0.392 e. The van der Waals surface area contributed by atoms with Crippen LogP contribution in [0.15, 0.2) is 24.3 Å². The Hall–Kier alpha value is -0.120. The molecule has 1 N–H and O–H groups in total. The van der Waals surface area contributed by atoms with E-state index in [0.717, 1.165) is 12.2 Å². The van der Waals surface area contributed by atoms with E-state index < -0.39 is 0 Å². The maximum Gasteiger partial charge on any atom is 0.0707 e. The molecule has 1 heterocycles. The second-order valence-electron chi connectivity index (χ2n) is 5.18.